The van der Waals surface area contributed by atoms with E-state index >= 15 is 0 Å². The average Bonchev–Trinajstić information content (AvgIpc) is 2.32. The fourth-order valence-corrected chi connectivity index (χ4v) is 1.73. The maximum atomic E-state index is 12.0. The predicted molar refractivity (Wildman–Crippen MR) is 71.2 cm³/mol. The van der Waals surface area contributed by atoms with Crippen molar-refractivity contribution in [2.75, 3.05) is 5.32 Å². The quantitative estimate of drug-likeness (QED) is 0.859. The van der Waals surface area contributed by atoms with E-state index in [1.807, 2.05) is 6.92 Å². The van der Waals surface area contributed by atoms with Crippen molar-refractivity contribution < 1.29 is 4.79 Å². The summed E-state index contributed by atoms with van der Waals surface area (Å²) in [6.07, 6.45) is 3.24. The number of hydrogen-bond donors (Lipinski definition) is 1. The minimum atomic E-state index is -0.421. The highest BCUT2D eigenvalue weighted by molar-refractivity contribution is 6.35. The van der Waals surface area contributed by atoms with Crippen molar-refractivity contribution in [1.82, 2.24) is 9.97 Å². The molecule has 0 bridgehead atoms. The van der Waals surface area contributed by atoms with Gasteiger partial charge >= 0.3 is 0 Å². The van der Waals surface area contributed by atoms with Crippen molar-refractivity contribution in [3.8, 4) is 0 Å². The van der Waals surface area contributed by atoms with Gasteiger partial charge in [-0.1, -0.05) is 23.2 Å². The third-order valence-electron chi connectivity index (χ3n) is 2.16. The molecule has 0 unspecified atom stereocenters. The lowest BCUT2D eigenvalue weighted by molar-refractivity contribution is 0.102. The molecule has 0 aromatic carbocycles. The Bertz CT molecular complexity index is 602. The number of pyridine rings is 2. The fraction of sp³-hybridized carbons (Fsp3) is 0.0833. The van der Waals surface area contributed by atoms with Gasteiger partial charge in [0.05, 0.1) is 16.9 Å². The van der Waals surface area contributed by atoms with E-state index in [1.165, 1.54) is 12.1 Å². The molecule has 2 aromatic rings. The Morgan fingerprint density at radius 2 is 2.06 bits per heavy atom. The number of nitrogens with one attached hydrogen (secondary N) is 1. The Balaban J connectivity index is 2.24. The van der Waals surface area contributed by atoms with Gasteiger partial charge in [0, 0.05) is 6.20 Å². The summed E-state index contributed by atoms with van der Waals surface area (Å²) in [5.41, 5.74) is 1.61. The molecule has 0 atom stereocenters. The fourth-order valence-electron chi connectivity index (χ4n) is 1.39. The van der Waals surface area contributed by atoms with Crippen molar-refractivity contribution in [2.24, 2.45) is 0 Å². The molecule has 2 heterocycles. The first-order chi connectivity index (χ1) is 8.56. The molecule has 18 heavy (non-hydrogen) atoms. The predicted octanol–water partition coefficient (Wildman–Crippen LogP) is 3.34. The molecule has 2 rings (SSSR count). The van der Waals surface area contributed by atoms with Gasteiger partial charge in [0.15, 0.2) is 0 Å². The Morgan fingerprint density at radius 1 is 1.28 bits per heavy atom. The van der Waals surface area contributed by atoms with Crippen LogP contribution in [0.15, 0.2) is 30.6 Å². The van der Waals surface area contributed by atoms with Gasteiger partial charge in [0.25, 0.3) is 5.91 Å². The largest absolute Gasteiger partial charge is 0.319 e. The van der Waals surface area contributed by atoms with E-state index in [0.29, 0.717) is 5.69 Å². The number of aryl methyl sites for hydroxylation is 1. The number of anilines is 1. The third-order valence-corrected chi connectivity index (χ3v) is 2.68. The number of carbonyl (C=O) groups excluding carboxylic acids is 1. The lowest BCUT2D eigenvalue weighted by Gasteiger charge is -2.06. The maximum absolute atomic E-state index is 12.0. The molecule has 0 radical (unpaired) electrons. The lowest BCUT2D eigenvalue weighted by atomic mass is 10.3. The Hall–Kier alpha value is -1.65. The van der Waals surface area contributed by atoms with Crippen LogP contribution in [0.5, 0.6) is 0 Å². The van der Waals surface area contributed by atoms with E-state index < -0.39 is 5.91 Å². The summed E-state index contributed by atoms with van der Waals surface area (Å²) >= 11 is 11.6. The number of hydrogen-bond acceptors (Lipinski definition) is 3. The molecule has 0 aliphatic rings. The van der Waals surface area contributed by atoms with Crippen LogP contribution in [0.25, 0.3) is 0 Å². The molecule has 92 valence electrons. The summed E-state index contributed by atoms with van der Waals surface area (Å²) in [7, 11) is 0. The summed E-state index contributed by atoms with van der Waals surface area (Å²) in [5.74, 6) is -0.421. The van der Waals surface area contributed by atoms with Crippen LogP contribution in [0, 0.1) is 6.92 Å². The number of halogens is 2. The lowest BCUT2D eigenvalue weighted by Crippen LogP contribution is -2.14. The normalized spacial score (nSPS) is 10.2. The van der Waals surface area contributed by atoms with E-state index in [1.54, 1.807) is 18.5 Å². The van der Waals surface area contributed by atoms with Crippen LogP contribution in [-0.4, -0.2) is 15.9 Å². The highest BCUT2D eigenvalue weighted by atomic mass is 35.5. The molecular weight excluding hydrogens is 273 g/mol. The number of nitrogens with zero attached hydrogens (tertiary/aromatic N) is 2. The molecule has 0 spiro atoms. The van der Waals surface area contributed by atoms with Crippen LogP contribution in [0.3, 0.4) is 0 Å². The average molecular weight is 282 g/mol. The SMILES string of the molecule is Cc1cncc(NC(=O)c2nc(Cl)ccc2Cl)c1. The van der Waals surface area contributed by atoms with Gasteiger partial charge in [-0.05, 0) is 30.7 Å². The molecule has 6 heteroatoms. The van der Waals surface area contributed by atoms with Crippen LogP contribution in [-0.2, 0) is 0 Å². The van der Waals surface area contributed by atoms with E-state index in [9.17, 15) is 4.79 Å². The molecule has 0 saturated heterocycles. The van der Waals surface area contributed by atoms with Gasteiger partial charge in [-0.2, -0.15) is 0 Å². The maximum Gasteiger partial charge on any atom is 0.275 e. The van der Waals surface area contributed by atoms with Gasteiger partial charge in [-0.15, -0.1) is 0 Å². The molecule has 1 amide bonds. The van der Waals surface area contributed by atoms with Gasteiger partial charge in [0.2, 0.25) is 0 Å². The van der Waals surface area contributed by atoms with E-state index in [2.05, 4.69) is 15.3 Å². The minimum Gasteiger partial charge on any atom is -0.319 e. The second-order valence-corrected chi connectivity index (χ2v) is 4.46. The van der Waals surface area contributed by atoms with Crippen molar-refractivity contribution in [1.29, 1.82) is 0 Å². The smallest absolute Gasteiger partial charge is 0.275 e. The molecule has 0 aliphatic heterocycles. The molecule has 2 aromatic heterocycles. The summed E-state index contributed by atoms with van der Waals surface area (Å²) in [6.45, 7) is 1.88. The van der Waals surface area contributed by atoms with Crippen molar-refractivity contribution in [3.63, 3.8) is 0 Å². The van der Waals surface area contributed by atoms with Crippen molar-refractivity contribution >= 4 is 34.8 Å². The zero-order chi connectivity index (χ0) is 13.1. The summed E-state index contributed by atoms with van der Waals surface area (Å²) in [5, 5.41) is 3.12. The first kappa shape index (κ1) is 12.8. The van der Waals surface area contributed by atoms with Gasteiger partial charge in [-0.3, -0.25) is 9.78 Å². The van der Waals surface area contributed by atoms with E-state index in [0.717, 1.165) is 5.56 Å². The molecule has 0 fully saturated rings. The van der Waals surface area contributed by atoms with Crippen LogP contribution in [0.2, 0.25) is 10.2 Å². The summed E-state index contributed by atoms with van der Waals surface area (Å²) in [6, 6.07) is 4.85. The van der Waals surface area contributed by atoms with Crippen molar-refractivity contribution in [3.05, 3.63) is 52.0 Å². The summed E-state index contributed by atoms with van der Waals surface area (Å²) in [4.78, 5) is 19.8. The van der Waals surface area contributed by atoms with Crippen LogP contribution >= 0.6 is 23.2 Å². The standard InChI is InChI=1S/C12H9Cl2N3O/c1-7-4-8(6-15-5-7)16-12(18)11-9(13)2-3-10(14)17-11/h2-6H,1H3,(H,16,18). The van der Waals surface area contributed by atoms with Crippen LogP contribution in [0.4, 0.5) is 5.69 Å². The zero-order valence-electron chi connectivity index (χ0n) is 9.45. The second kappa shape index (κ2) is 5.33. The van der Waals surface area contributed by atoms with Crippen LogP contribution < -0.4 is 5.32 Å². The molecule has 0 saturated carbocycles. The molecule has 4 nitrogen and oxygen atoms in total. The van der Waals surface area contributed by atoms with Crippen molar-refractivity contribution in [2.45, 2.75) is 6.92 Å². The Labute approximate surface area is 114 Å². The zero-order valence-corrected chi connectivity index (χ0v) is 11.0. The second-order valence-electron chi connectivity index (χ2n) is 3.67. The first-order valence-corrected chi connectivity index (χ1v) is 5.87. The van der Waals surface area contributed by atoms with E-state index in [4.69, 9.17) is 23.2 Å². The summed E-state index contributed by atoms with van der Waals surface area (Å²) < 4.78 is 0. The molecule has 1 N–H and O–H groups in total. The Kier molecular flexibility index (Phi) is 3.79. The third kappa shape index (κ3) is 2.97. The number of carbonyl (C=O) groups is 1. The molecular formula is C12H9Cl2N3O. The highest BCUT2D eigenvalue weighted by Crippen LogP contribution is 2.18. The minimum absolute atomic E-state index is 0.0886. The van der Waals surface area contributed by atoms with E-state index in [-0.39, 0.29) is 15.9 Å². The van der Waals surface area contributed by atoms with Gasteiger partial charge < -0.3 is 5.32 Å². The van der Waals surface area contributed by atoms with Gasteiger partial charge in [0.1, 0.15) is 10.8 Å². The first-order valence-electron chi connectivity index (χ1n) is 5.11. The number of rotatable bonds is 2. The Morgan fingerprint density at radius 3 is 2.78 bits per heavy atom. The topological polar surface area (TPSA) is 54.9 Å². The number of amides is 1. The highest BCUT2D eigenvalue weighted by Gasteiger charge is 2.13. The van der Waals surface area contributed by atoms with Crippen LogP contribution in [0.1, 0.15) is 16.1 Å². The number of aromatic nitrogens is 2. The monoisotopic (exact) mass is 281 g/mol. The van der Waals surface area contributed by atoms with Gasteiger partial charge in [-0.25, -0.2) is 4.98 Å². The molecule has 0 aliphatic carbocycles.